The third-order valence-corrected chi connectivity index (χ3v) is 6.92. The number of ether oxygens (including phenoxy) is 2. The van der Waals surface area contributed by atoms with Gasteiger partial charge in [0.25, 0.3) is 5.91 Å². The fourth-order valence-corrected chi connectivity index (χ4v) is 4.84. The number of hydrogen-bond donors (Lipinski definition) is 2. The van der Waals surface area contributed by atoms with E-state index < -0.39 is 28.5 Å². The van der Waals surface area contributed by atoms with Gasteiger partial charge in [-0.05, 0) is 37.1 Å². The van der Waals surface area contributed by atoms with Crippen molar-refractivity contribution in [2.75, 3.05) is 37.9 Å². The molecule has 11 heteroatoms. The number of methoxy groups -OCH3 is 1. The van der Waals surface area contributed by atoms with Crippen molar-refractivity contribution >= 4 is 44.9 Å². The SMILES string of the molecule is COc1cc(N)c(Cl)cc1C(=O)OCC(=O)Nc1cccc(S(=O)(=O)N2CCCC2)c1. The van der Waals surface area contributed by atoms with E-state index in [1.807, 2.05) is 0 Å². The molecule has 1 amide bonds. The first kappa shape index (κ1) is 22.9. The average Bonchev–Trinajstić information content (AvgIpc) is 3.29. The minimum absolute atomic E-state index is 0.0215. The zero-order valence-electron chi connectivity index (χ0n) is 16.8. The van der Waals surface area contributed by atoms with E-state index in [0.29, 0.717) is 13.1 Å². The van der Waals surface area contributed by atoms with E-state index in [1.54, 1.807) is 6.07 Å². The quantitative estimate of drug-likeness (QED) is 0.473. The lowest BCUT2D eigenvalue weighted by atomic mass is 10.2. The van der Waals surface area contributed by atoms with Crippen LogP contribution in [0.25, 0.3) is 0 Å². The molecule has 1 saturated heterocycles. The van der Waals surface area contributed by atoms with Gasteiger partial charge >= 0.3 is 5.97 Å². The Morgan fingerprint density at radius 3 is 2.58 bits per heavy atom. The second-order valence-corrected chi connectivity index (χ2v) is 9.18. The summed E-state index contributed by atoms with van der Waals surface area (Å²) >= 11 is 5.94. The first-order chi connectivity index (χ1) is 14.7. The molecular formula is C20H22ClN3O6S. The summed E-state index contributed by atoms with van der Waals surface area (Å²) in [6.07, 6.45) is 1.65. The number of anilines is 2. The van der Waals surface area contributed by atoms with Crippen molar-refractivity contribution in [2.24, 2.45) is 0 Å². The Morgan fingerprint density at radius 1 is 1.19 bits per heavy atom. The molecule has 0 radical (unpaired) electrons. The molecule has 9 nitrogen and oxygen atoms in total. The maximum Gasteiger partial charge on any atom is 0.342 e. The highest BCUT2D eigenvalue weighted by atomic mass is 35.5. The predicted molar refractivity (Wildman–Crippen MR) is 116 cm³/mol. The van der Waals surface area contributed by atoms with Crippen molar-refractivity contribution < 1.29 is 27.5 Å². The maximum atomic E-state index is 12.7. The number of carbonyl (C=O) groups is 2. The molecule has 31 heavy (non-hydrogen) atoms. The van der Waals surface area contributed by atoms with Crippen LogP contribution in [0, 0.1) is 0 Å². The minimum Gasteiger partial charge on any atom is -0.496 e. The second kappa shape index (κ2) is 9.54. The maximum absolute atomic E-state index is 12.7. The summed E-state index contributed by atoms with van der Waals surface area (Å²) in [7, 11) is -2.26. The normalized spacial score (nSPS) is 14.3. The number of nitrogens with one attached hydrogen (secondary N) is 1. The van der Waals surface area contributed by atoms with Gasteiger partial charge in [0, 0.05) is 24.8 Å². The summed E-state index contributed by atoms with van der Waals surface area (Å²) in [6.45, 7) is 0.369. The highest BCUT2D eigenvalue weighted by Crippen LogP contribution is 2.29. The molecule has 3 rings (SSSR count). The molecule has 1 heterocycles. The van der Waals surface area contributed by atoms with Gasteiger partial charge in [0.2, 0.25) is 10.0 Å². The fourth-order valence-electron chi connectivity index (χ4n) is 3.12. The van der Waals surface area contributed by atoms with Gasteiger partial charge in [-0.25, -0.2) is 13.2 Å². The van der Waals surface area contributed by atoms with E-state index in [0.717, 1.165) is 12.8 Å². The molecule has 166 valence electrons. The molecule has 0 saturated carbocycles. The van der Waals surface area contributed by atoms with Crippen LogP contribution in [0.15, 0.2) is 41.3 Å². The van der Waals surface area contributed by atoms with Crippen molar-refractivity contribution in [1.82, 2.24) is 4.31 Å². The summed E-state index contributed by atoms with van der Waals surface area (Å²) in [6, 6.07) is 8.60. The van der Waals surface area contributed by atoms with Crippen LogP contribution in [0.4, 0.5) is 11.4 Å². The number of nitrogens with two attached hydrogens (primary N) is 1. The molecule has 0 aliphatic carbocycles. The Bertz CT molecular complexity index is 1100. The first-order valence-corrected chi connectivity index (χ1v) is 11.2. The van der Waals surface area contributed by atoms with E-state index in [2.05, 4.69) is 5.32 Å². The Balaban J connectivity index is 1.64. The van der Waals surface area contributed by atoms with Crippen molar-refractivity contribution in [3.8, 4) is 5.75 Å². The zero-order chi connectivity index (χ0) is 22.6. The van der Waals surface area contributed by atoms with E-state index in [9.17, 15) is 18.0 Å². The summed E-state index contributed by atoms with van der Waals surface area (Å²) < 4.78 is 36.9. The van der Waals surface area contributed by atoms with Crippen molar-refractivity contribution in [1.29, 1.82) is 0 Å². The predicted octanol–water partition coefficient (Wildman–Crippen LogP) is 2.51. The van der Waals surface area contributed by atoms with Crippen LogP contribution in [0.1, 0.15) is 23.2 Å². The van der Waals surface area contributed by atoms with E-state index >= 15 is 0 Å². The lowest BCUT2D eigenvalue weighted by Crippen LogP contribution is -2.28. The molecule has 0 bridgehead atoms. The van der Waals surface area contributed by atoms with Crippen LogP contribution in [0.5, 0.6) is 5.75 Å². The van der Waals surface area contributed by atoms with Gasteiger partial charge in [-0.2, -0.15) is 4.31 Å². The third kappa shape index (κ3) is 5.27. The lowest BCUT2D eigenvalue weighted by molar-refractivity contribution is -0.119. The molecule has 2 aromatic rings. The summed E-state index contributed by atoms with van der Waals surface area (Å²) in [4.78, 5) is 24.6. The van der Waals surface area contributed by atoms with Crippen LogP contribution < -0.4 is 15.8 Å². The molecular weight excluding hydrogens is 446 g/mol. The number of amides is 1. The van der Waals surface area contributed by atoms with Crippen LogP contribution in [-0.4, -0.2) is 51.4 Å². The van der Waals surface area contributed by atoms with Gasteiger partial charge < -0.3 is 20.5 Å². The lowest BCUT2D eigenvalue weighted by Gasteiger charge is -2.16. The van der Waals surface area contributed by atoms with Crippen LogP contribution >= 0.6 is 11.6 Å². The molecule has 0 atom stereocenters. The van der Waals surface area contributed by atoms with Crippen molar-refractivity contribution in [3.63, 3.8) is 0 Å². The number of nitrogen functional groups attached to an aromatic ring is 1. The summed E-state index contributed by atoms with van der Waals surface area (Å²) in [5, 5.41) is 2.67. The number of sulfonamides is 1. The van der Waals surface area contributed by atoms with Crippen molar-refractivity contribution in [3.05, 3.63) is 47.0 Å². The van der Waals surface area contributed by atoms with Gasteiger partial charge in [-0.3, -0.25) is 4.79 Å². The number of carbonyl (C=O) groups excluding carboxylic acids is 2. The number of rotatable bonds is 7. The van der Waals surface area contributed by atoms with Crippen LogP contribution in [0.2, 0.25) is 5.02 Å². The fraction of sp³-hybridized carbons (Fsp3) is 0.300. The molecule has 3 N–H and O–H groups in total. The average molecular weight is 468 g/mol. The monoisotopic (exact) mass is 467 g/mol. The number of hydrogen-bond acceptors (Lipinski definition) is 7. The highest BCUT2D eigenvalue weighted by Gasteiger charge is 2.27. The topological polar surface area (TPSA) is 128 Å². The molecule has 0 spiro atoms. The summed E-state index contributed by atoms with van der Waals surface area (Å²) in [5.74, 6) is -1.30. The summed E-state index contributed by atoms with van der Waals surface area (Å²) in [5.41, 5.74) is 6.21. The van der Waals surface area contributed by atoms with E-state index in [4.69, 9.17) is 26.8 Å². The van der Waals surface area contributed by atoms with Gasteiger partial charge in [-0.15, -0.1) is 0 Å². The van der Waals surface area contributed by atoms with E-state index in [-0.39, 0.29) is 32.6 Å². The number of nitrogens with zero attached hydrogens (tertiary/aromatic N) is 1. The highest BCUT2D eigenvalue weighted by molar-refractivity contribution is 7.89. The molecule has 1 fully saturated rings. The minimum atomic E-state index is -3.61. The molecule has 1 aliphatic heterocycles. The van der Waals surface area contributed by atoms with E-state index in [1.165, 1.54) is 41.7 Å². The van der Waals surface area contributed by atoms with Gasteiger partial charge in [0.1, 0.15) is 11.3 Å². The van der Waals surface area contributed by atoms with Crippen LogP contribution in [-0.2, 0) is 19.6 Å². The molecule has 0 aromatic heterocycles. The number of benzene rings is 2. The Labute approximate surface area is 185 Å². The second-order valence-electron chi connectivity index (χ2n) is 6.84. The van der Waals surface area contributed by atoms with Gasteiger partial charge in [0.05, 0.1) is 22.7 Å². The number of esters is 1. The standard InChI is InChI=1S/C20H22ClN3O6S/c1-29-18-11-17(22)16(21)10-15(18)20(26)30-12-19(25)23-13-5-4-6-14(9-13)31(27,28)24-7-2-3-8-24/h4-6,9-11H,2-3,7-8,12,22H2,1H3,(H,23,25). The Kier molecular flexibility index (Phi) is 7.04. The van der Waals surface area contributed by atoms with Crippen molar-refractivity contribution in [2.45, 2.75) is 17.7 Å². The van der Waals surface area contributed by atoms with Gasteiger partial charge in [-0.1, -0.05) is 17.7 Å². The smallest absolute Gasteiger partial charge is 0.342 e. The van der Waals surface area contributed by atoms with Gasteiger partial charge in [0.15, 0.2) is 6.61 Å². The van der Waals surface area contributed by atoms with Crippen LogP contribution in [0.3, 0.4) is 0 Å². The first-order valence-electron chi connectivity index (χ1n) is 9.42. The zero-order valence-corrected chi connectivity index (χ0v) is 18.3. The Hall–Kier alpha value is -2.82. The molecule has 0 unspecified atom stereocenters. The number of halogens is 1. The third-order valence-electron chi connectivity index (χ3n) is 4.69. The largest absolute Gasteiger partial charge is 0.496 e. The molecule has 1 aliphatic rings. The Morgan fingerprint density at radius 2 is 1.90 bits per heavy atom. The molecule has 2 aromatic carbocycles.